The summed E-state index contributed by atoms with van der Waals surface area (Å²) in [5, 5.41) is 0. The van der Waals surface area contributed by atoms with Crippen LogP contribution < -0.4 is 0 Å². The molecular weight excluding hydrogens is 168 g/mol. The summed E-state index contributed by atoms with van der Waals surface area (Å²) in [7, 11) is 0.309. The van der Waals surface area contributed by atoms with Crippen molar-refractivity contribution in [1.29, 1.82) is 0 Å². The molecule has 0 unspecified atom stereocenters. The van der Waals surface area contributed by atoms with Crippen LogP contribution in [0.3, 0.4) is 0 Å². The topological polar surface area (TPSA) is 18.5 Å². The number of ether oxygens (including phenoxy) is 1. The maximum Gasteiger partial charge on any atom is 0.241 e. The van der Waals surface area contributed by atoms with Gasteiger partial charge in [-0.1, -0.05) is 6.92 Å². The Kier molecular flexibility index (Phi) is 5.25. The summed E-state index contributed by atoms with van der Waals surface area (Å²) in [6, 6.07) is 0. The summed E-state index contributed by atoms with van der Waals surface area (Å²) in [6.45, 7) is 9.30. The Morgan fingerprint density at radius 3 is 2.25 bits per heavy atom. The second kappa shape index (κ2) is 5.38. The summed E-state index contributed by atoms with van der Waals surface area (Å²) in [4.78, 5) is 0. The van der Waals surface area contributed by atoms with Crippen LogP contribution in [-0.2, 0) is 9.16 Å². The molecular formula is C9H20O2Si. The molecule has 0 bridgehead atoms. The molecule has 0 aromatic carbocycles. The van der Waals surface area contributed by atoms with Crippen LogP contribution in [0.4, 0.5) is 0 Å². The molecule has 0 rings (SSSR count). The lowest BCUT2D eigenvalue weighted by Gasteiger charge is -2.16. The molecule has 0 aliphatic carbocycles. The van der Waals surface area contributed by atoms with Crippen molar-refractivity contribution in [2.45, 2.75) is 33.0 Å². The van der Waals surface area contributed by atoms with Gasteiger partial charge in [-0.3, -0.25) is 0 Å². The van der Waals surface area contributed by atoms with Gasteiger partial charge in [0.15, 0.2) is 0 Å². The van der Waals surface area contributed by atoms with Gasteiger partial charge < -0.3 is 9.16 Å². The molecule has 0 aromatic rings. The Labute approximate surface area is 76.7 Å². The molecule has 0 spiro atoms. The lowest BCUT2D eigenvalue weighted by molar-refractivity contribution is 0.220. The zero-order chi connectivity index (χ0) is 9.61. The summed E-state index contributed by atoms with van der Waals surface area (Å²) in [5.74, 6) is 0. The quantitative estimate of drug-likeness (QED) is 0.488. The fourth-order valence-corrected chi connectivity index (χ4v) is 1.19. The van der Waals surface area contributed by atoms with Crippen LogP contribution in [0, 0.1) is 0 Å². The van der Waals surface area contributed by atoms with Gasteiger partial charge in [0, 0.05) is 7.11 Å². The molecule has 12 heavy (non-hydrogen) atoms. The summed E-state index contributed by atoms with van der Waals surface area (Å²) < 4.78 is 10.7. The second-order valence-electron chi connectivity index (χ2n) is 3.79. The van der Waals surface area contributed by atoms with Crippen molar-refractivity contribution in [1.82, 2.24) is 0 Å². The van der Waals surface area contributed by atoms with Crippen LogP contribution in [0.5, 0.6) is 0 Å². The highest BCUT2D eigenvalue weighted by Gasteiger charge is 2.13. The smallest absolute Gasteiger partial charge is 0.241 e. The molecule has 0 N–H and O–H groups in total. The van der Waals surface area contributed by atoms with E-state index >= 15 is 0 Å². The van der Waals surface area contributed by atoms with Crippen molar-refractivity contribution in [2.75, 3.05) is 13.7 Å². The number of hydrogen-bond donors (Lipinski definition) is 0. The number of hydrogen-bond acceptors (Lipinski definition) is 2. The zero-order valence-electron chi connectivity index (χ0n) is 8.81. The van der Waals surface area contributed by atoms with E-state index in [0.29, 0.717) is 6.61 Å². The van der Waals surface area contributed by atoms with Crippen molar-refractivity contribution < 1.29 is 9.16 Å². The molecule has 0 atom stereocenters. The van der Waals surface area contributed by atoms with Gasteiger partial charge in [0.05, 0.1) is 12.9 Å². The Morgan fingerprint density at radius 2 is 1.92 bits per heavy atom. The van der Waals surface area contributed by atoms with Crippen LogP contribution in [-0.4, -0.2) is 22.0 Å². The molecule has 0 fully saturated rings. The van der Waals surface area contributed by atoms with Crippen LogP contribution in [0.1, 0.15) is 13.3 Å². The molecule has 0 saturated carbocycles. The average Bonchev–Trinajstić information content (AvgIpc) is 1.96. The molecule has 72 valence electrons. The summed E-state index contributed by atoms with van der Waals surface area (Å²) in [5.41, 5.74) is 1.22. The predicted molar refractivity (Wildman–Crippen MR) is 54.7 cm³/mol. The molecule has 3 heteroatoms. The molecule has 2 nitrogen and oxygen atoms in total. The van der Waals surface area contributed by atoms with Gasteiger partial charge in [-0.2, -0.15) is 0 Å². The van der Waals surface area contributed by atoms with E-state index in [1.807, 2.05) is 6.26 Å². The van der Waals surface area contributed by atoms with E-state index in [0.717, 1.165) is 6.42 Å². The first kappa shape index (κ1) is 11.7. The Bertz CT molecular complexity index is 147. The minimum absolute atomic E-state index is 0.682. The van der Waals surface area contributed by atoms with E-state index < -0.39 is 8.32 Å². The minimum atomic E-state index is -1.40. The van der Waals surface area contributed by atoms with E-state index in [4.69, 9.17) is 9.16 Å². The van der Waals surface area contributed by atoms with Crippen molar-refractivity contribution >= 4 is 8.32 Å². The van der Waals surface area contributed by atoms with Gasteiger partial charge in [0.25, 0.3) is 0 Å². The van der Waals surface area contributed by atoms with Crippen LogP contribution >= 0.6 is 0 Å². The monoisotopic (exact) mass is 188 g/mol. The Balaban J connectivity index is 3.94. The highest BCUT2D eigenvalue weighted by molar-refractivity contribution is 6.69. The average molecular weight is 188 g/mol. The van der Waals surface area contributed by atoms with Gasteiger partial charge in [0.2, 0.25) is 8.32 Å². The van der Waals surface area contributed by atoms with Crippen molar-refractivity contribution in [3.63, 3.8) is 0 Å². The van der Waals surface area contributed by atoms with E-state index in [-0.39, 0.29) is 0 Å². The third-order valence-corrected chi connectivity index (χ3v) is 2.19. The zero-order valence-corrected chi connectivity index (χ0v) is 9.81. The first-order chi connectivity index (χ1) is 5.49. The first-order valence-corrected chi connectivity index (χ1v) is 7.75. The van der Waals surface area contributed by atoms with Gasteiger partial charge in [-0.25, -0.2) is 0 Å². The standard InChI is InChI=1S/C9H20O2Si/c1-6-9(7-10-2)8-11-12(3,4)5/h8H,6-7H2,1-5H3. The van der Waals surface area contributed by atoms with E-state index in [9.17, 15) is 0 Å². The van der Waals surface area contributed by atoms with Crippen LogP contribution in [0.2, 0.25) is 19.6 Å². The first-order valence-electron chi connectivity index (χ1n) is 4.34. The minimum Gasteiger partial charge on any atom is -0.550 e. The molecule has 0 amide bonds. The lowest BCUT2D eigenvalue weighted by atomic mass is 10.2. The maximum absolute atomic E-state index is 5.63. The predicted octanol–water partition coefficient (Wildman–Crippen LogP) is 2.78. The molecule has 0 aliphatic rings. The molecule has 0 heterocycles. The van der Waals surface area contributed by atoms with Gasteiger partial charge in [-0.15, -0.1) is 0 Å². The van der Waals surface area contributed by atoms with Crippen LogP contribution in [0.15, 0.2) is 11.8 Å². The van der Waals surface area contributed by atoms with E-state index in [1.54, 1.807) is 7.11 Å². The fraction of sp³-hybridized carbons (Fsp3) is 0.778. The van der Waals surface area contributed by atoms with Crippen molar-refractivity contribution in [3.8, 4) is 0 Å². The van der Waals surface area contributed by atoms with E-state index in [2.05, 4.69) is 26.6 Å². The third kappa shape index (κ3) is 6.43. The van der Waals surface area contributed by atoms with Gasteiger partial charge in [-0.05, 0) is 31.6 Å². The molecule has 0 saturated heterocycles. The highest BCUT2D eigenvalue weighted by Crippen LogP contribution is 2.07. The third-order valence-electron chi connectivity index (χ3n) is 1.36. The Morgan fingerprint density at radius 1 is 1.33 bits per heavy atom. The van der Waals surface area contributed by atoms with Crippen molar-refractivity contribution in [2.24, 2.45) is 0 Å². The largest absolute Gasteiger partial charge is 0.550 e. The van der Waals surface area contributed by atoms with E-state index in [1.165, 1.54) is 5.57 Å². The highest BCUT2D eigenvalue weighted by atomic mass is 28.4. The molecule has 0 aromatic heterocycles. The lowest BCUT2D eigenvalue weighted by Crippen LogP contribution is -2.22. The van der Waals surface area contributed by atoms with Crippen LogP contribution in [0.25, 0.3) is 0 Å². The Hall–Kier alpha value is -0.283. The van der Waals surface area contributed by atoms with Crippen molar-refractivity contribution in [3.05, 3.63) is 11.8 Å². The second-order valence-corrected chi connectivity index (χ2v) is 8.25. The SMILES string of the molecule is CCC(=CO[Si](C)(C)C)COC. The normalized spacial score (nSPS) is 13.2. The molecule has 0 aliphatic heterocycles. The maximum atomic E-state index is 5.63. The fourth-order valence-electron chi connectivity index (χ4n) is 0.665. The molecule has 0 radical (unpaired) electrons. The van der Waals surface area contributed by atoms with Gasteiger partial charge in [0.1, 0.15) is 0 Å². The number of rotatable bonds is 5. The number of methoxy groups -OCH3 is 1. The van der Waals surface area contributed by atoms with Gasteiger partial charge >= 0.3 is 0 Å². The summed E-state index contributed by atoms with van der Waals surface area (Å²) in [6.07, 6.45) is 2.87. The summed E-state index contributed by atoms with van der Waals surface area (Å²) >= 11 is 0.